The fourth-order valence-electron chi connectivity index (χ4n) is 1.45. The molecule has 0 fully saturated rings. The van der Waals surface area contributed by atoms with Crippen molar-refractivity contribution in [3.05, 3.63) is 37.1 Å². The predicted molar refractivity (Wildman–Crippen MR) is 73.7 cm³/mol. The van der Waals surface area contributed by atoms with Gasteiger partial charge in [0.25, 0.3) is 5.56 Å². The highest BCUT2D eigenvalue weighted by molar-refractivity contribution is 9.11. The number of hydrogen-bond acceptors (Lipinski definition) is 4. The monoisotopic (exact) mass is 374 g/mol. The molecule has 2 aromatic rings. The van der Waals surface area contributed by atoms with Gasteiger partial charge in [-0.2, -0.15) is 0 Å². The predicted octanol–water partition coefficient (Wildman–Crippen LogP) is 2.62. The van der Waals surface area contributed by atoms with Crippen LogP contribution in [0.2, 0.25) is 0 Å². The summed E-state index contributed by atoms with van der Waals surface area (Å²) in [4.78, 5) is 29.9. The number of carbonyl (C=O) groups is 1. The number of aromatic amines is 1. The number of aromatic nitrogens is 2. The third-order valence-electron chi connectivity index (χ3n) is 2.19. The second-order valence-corrected chi connectivity index (χ2v) is 5.19. The minimum absolute atomic E-state index is 0.195. The van der Waals surface area contributed by atoms with Crippen molar-refractivity contribution < 1.29 is 9.53 Å². The lowest BCUT2D eigenvalue weighted by molar-refractivity contribution is 0.0517. The fraction of sp³-hybridized carbons (Fsp3) is 0.182. The van der Waals surface area contributed by atoms with Crippen LogP contribution in [0.15, 0.2) is 25.9 Å². The number of fused-ring (bicyclic) bond motifs is 1. The van der Waals surface area contributed by atoms with E-state index in [1.807, 2.05) is 0 Å². The highest BCUT2D eigenvalue weighted by Gasteiger charge is 2.16. The molecule has 0 radical (unpaired) electrons. The van der Waals surface area contributed by atoms with Crippen LogP contribution in [0.3, 0.4) is 0 Å². The van der Waals surface area contributed by atoms with Crippen molar-refractivity contribution in [2.24, 2.45) is 0 Å². The first-order valence-corrected chi connectivity index (χ1v) is 6.67. The largest absolute Gasteiger partial charge is 0.461 e. The molecule has 0 bridgehead atoms. The number of benzene rings is 1. The molecule has 1 aromatic carbocycles. The highest BCUT2D eigenvalue weighted by Crippen LogP contribution is 2.25. The normalized spacial score (nSPS) is 10.6. The maximum Gasteiger partial charge on any atom is 0.362 e. The molecule has 0 amide bonds. The Morgan fingerprint density at radius 3 is 2.83 bits per heavy atom. The second kappa shape index (κ2) is 5.19. The molecule has 1 aromatic heterocycles. The average molecular weight is 376 g/mol. The molecule has 0 aliphatic heterocycles. The lowest BCUT2D eigenvalue weighted by atomic mass is 10.3. The first-order chi connectivity index (χ1) is 8.52. The lowest BCUT2D eigenvalue weighted by Crippen LogP contribution is -2.22. The SMILES string of the molecule is CCOC(=O)c1nc2cc(Br)cc(Br)c2[nH]c1=O. The summed E-state index contributed by atoms with van der Waals surface area (Å²) < 4.78 is 6.25. The van der Waals surface area contributed by atoms with Gasteiger partial charge in [0.15, 0.2) is 0 Å². The molecule has 18 heavy (non-hydrogen) atoms. The standard InChI is InChI=1S/C11H8Br2N2O3/c1-2-18-11(17)9-10(16)15-8-6(13)3-5(12)4-7(8)14-9/h3-4H,2H2,1H3,(H,15,16). The maximum atomic E-state index is 11.7. The minimum atomic E-state index is -0.725. The van der Waals surface area contributed by atoms with Crippen molar-refractivity contribution in [2.45, 2.75) is 6.92 Å². The number of ether oxygens (including phenoxy) is 1. The van der Waals surface area contributed by atoms with Gasteiger partial charge in [-0.25, -0.2) is 9.78 Å². The summed E-state index contributed by atoms with van der Waals surface area (Å²) in [6.45, 7) is 1.86. The molecule has 7 heteroatoms. The summed E-state index contributed by atoms with van der Waals surface area (Å²) in [5.41, 5.74) is 0.230. The summed E-state index contributed by atoms with van der Waals surface area (Å²) in [7, 11) is 0. The molecular formula is C11H8Br2N2O3. The van der Waals surface area contributed by atoms with E-state index in [0.717, 1.165) is 4.47 Å². The second-order valence-electron chi connectivity index (χ2n) is 3.42. The fourth-order valence-corrected chi connectivity index (χ4v) is 2.76. The van der Waals surface area contributed by atoms with E-state index in [4.69, 9.17) is 4.74 Å². The molecule has 0 saturated carbocycles. The summed E-state index contributed by atoms with van der Waals surface area (Å²) in [6, 6.07) is 3.49. The van der Waals surface area contributed by atoms with Crippen molar-refractivity contribution in [2.75, 3.05) is 6.61 Å². The van der Waals surface area contributed by atoms with Gasteiger partial charge in [-0.1, -0.05) is 15.9 Å². The van der Waals surface area contributed by atoms with Crippen molar-refractivity contribution in [3.8, 4) is 0 Å². The van der Waals surface area contributed by atoms with Crippen LogP contribution in [0.4, 0.5) is 0 Å². The number of hydrogen-bond donors (Lipinski definition) is 1. The van der Waals surface area contributed by atoms with Crippen molar-refractivity contribution in [3.63, 3.8) is 0 Å². The van der Waals surface area contributed by atoms with E-state index in [0.29, 0.717) is 15.5 Å². The molecule has 0 atom stereocenters. The van der Waals surface area contributed by atoms with Gasteiger partial charge >= 0.3 is 5.97 Å². The van der Waals surface area contributed by atoms with E-state index in [1.165, 1.54) is 0 Å². The Labute approximate surface area is 119 Å². The smallest absolute Gasteiger partial charge is 0.362 e. The van der Waals surface area contributed by atoms with E-state index in [2.05, 4.69) is 41.8 Å². The number of nitrogens with zero attached hydrogens (tertiary/aromatic N) is 1. The molecule has 1 heterocycles. The molecule has 0 spiro atoms. The van der Waals surface area contributed by atoms with Crippen LogP contribution in [0.25, 0.3) is 11.0 Å². The minimum Gasteiger partial charge on any atom is -0.461 e. The van der Waals surface area contributed by atoms with Crippen molar-refractivity contribution in [1.82, 2.24) is 9.97 Å². The quantitative estimate of drug-likeness (QED) is 0.819. The Morgan fingerprint density at radius 2 is 2.17 bits per heavy atom. The van der Waals surface area contributed by atoms with Gasteiger partial charge in [-0.3, -0.25) is 4.79 Å². The van der Waals surface area contributed by atoms with Crippen molar-refractivity contribution in [1.29, 1.82) is 0 Å². The summed E-state index contributed by atoms with van der Waals surface area (Å²) in [6.07, 6.45) is 0. The summed E-state index contributed by atoms with van der Waals surface area (Å²) in [5.74, 6) is -0.725. The topological polar surface area (TPSA) is 72.0 Å². The number of nitrogens with one attached hydrogen (secondary N) is 1. The van der Waals surface area contributed by atoms with Gasteiger partial charge in [0.05, 0.1) is 17.6 Å². The molecule has 0 unspecified atom stereocenters. The number of halogens is 2. The van der Waals surface area contributed by atoms with Crippen LogP contribution in [0.5, 0.6) is 0 Å². The third kappa shape index (κ3) is 2.46. The average Bonchev–Trinajstić information content (AvgIpc) is 2.29. The van der Waals surface area contributed by atoms with Crippen LogP contribution in [0, 0.1) is 0 Å². The van der Waals surface area contributed by atoms with E-state index in [1.54, 1.807) is 19.1 Å². The van der Waals surface area contributed by atoms with Gasteiger partial charge in [-0.15, -0.1) is 0 Å². The molecule has 1 N–H and O–H groups in total. The Morgan fingerprint density at radius 1 is 1.44 bits per heavy atom. The summed E-state index contributed by atoms with van der Waals surface area (Å²) >= 11 is 6.63. The van der Waals surface area contributed by atoms with Crippen LogP contribution >= 0.6 is 31.9 Å². The molecule has 0 aliphatic rings. The third-order valence-corrected chi connectivity index (χ3v) is 3.27. The van der Waals surface area contributed by atoms with Gasteiger partial charge in [0.2, 0.25) is 5.69 Å². The summed E-state index contributed by atoms with van der Waals surface area (Å²) in [5, 5.41) is 0. The number of carbonyl (C=O) groups excluding carboxylic acids is 1. The van der Waals surface area contributed by atoms with Crippen LogP contribution in [-0.4, -0.2) is 22.5 Å². The van der Waals surface area contributed by atoms with Gasteiger partial charge in [0, 0.05) is 8.95 Å². The lowest BCUT2D eigenvalue weighted by Gasteiger charge is -2.04. The van der Waals surface area contributed by atoms with Crippen molar-refractivity contribution >= 4 is 48.9 Å². The number of H-pyrrole nitrogens is 1. The van der Waals surface area contributed by atoms with E-state index >= 15 is 0 Å². The Bertz CT molecular complexity index is 682. The van der Waals surface area contributed by atoms with E-state index in [-0.39, 0.29) is 12.3 Å². The molecule has 5 nitrogen and oxygen atoms in total. The van der Waals surface area contributed by atoms with E-state index in [9.17, 15) is 9.59 Å². The zero-order valence-corrected chi connectivity index (χ0v) is 12.5. The first-order valence-electron chi connectivity index (χ1n) is 5.09. The van der Waals surface area contributed by atoms with Crippen LogP contribution in [0.1, 0.15) is 17.4 Å². The Hall–Kier alpha value is -1.21. The zero-order chi connectivity index (χ0) is 13.3. The van der Waals surface area contributed by atoms with E-state index < -0.39 is 11.5 Å². The Balaban J connectivity index is 2.68. The van der Waals surface area contributed by atoms with Gasteiger partial charge in [-0.05, 0) is 35.0 Å². The maximum absolute atomic E-state index is 11.7. The van der Waals surface area contributed by atoms with Crippen LogP contribution in [-0.2, 0) is 4.74 Å². The van der Waals surface area contributed by atoms with Gasteiger partial charge in [0.1, 0.15) is 0 Å². The van der Waals surface area contributed by atoms with Gasteiger partial charge < -0.3 is 9.72 Å². The zero-order valence-electron chi connectivity index (χ0n) is 9.29. The molecule has 0 aliphatic carbocycles. The molecule has 2 rings (SSSR count). The molecule has 0 saturated heterocycles. The first kappa shape index (κ1) is 13.2. The number of rotatable bonds is 2. The van der Waals surface area contributed by atoms with Crippen LogP contribution < -0.4 is 5.56 Å². The number of esters is 1. The highest BCUT2D eigenvalue weighted by atomic mass is 79.9. The molecular weight excluding hydrogens is 368 g/mol. The Kier molecular flexibility index (Phi) is 3.82. The molecule has 94 valence electrons.